The van der Waals surface area contributed by atoms with E-state index in [4.69, 9.17) is 10.5 Å². The van der Waals surface area contributed by atoms with Crippen LogP contribution in [0.3, 0.4) is 0 Å². The fourth-order valence-electron chi connectivity index (χ4n) is 2.49. The van der Waals surface area contributed by atoms with Crippen molar-refractivity contribution >= 4 is 23.2 Å². The molecule has 6 heteroatoms. The molecule has 1 heterocycles. The number of carbonyl (C=O) groups is 2. The molecule has 1 saturated heterocycles. The summed E-state index contributed by atoms with van der Waals surface area (Å²) in [4.78, 5) is 23.9. The van der Waals surface area contributed by atoms with Crippen LogP contribution in [0.4, 0.5) is 11.4 Å². The van der Waals surface area contributed by atoms with Gasteiger partial charge in [-0.1, -0.05) is 13.8 Å². The molecular formula is C17H25N3O3. The average Bonchev–Trinajstić information content (AvgIpc) is 3.03. The van der Waals surface area contributed by atoms with Gasteiger partial charge in [-0.2, -0.15) is 0 Å². The van der Waals surface area contributed by atoms with Gasteiger partial charge >= 0.3 is 0 Å². The highest BCUT2D eigenvalue weighted by Gasteiger charge is 2.23. The zero-order valence-corrected chi connectivity index (χ0v) is 13.7. The molecule has 6 nitrogen and oxygen atoms in total. The third-order valence-corrected chi connectivity index (χ3v) is 3.70. The molecule has 1 aliphatic heterocycles. The molecule has 1 aromatic rings. The lowest BCUT2D eigenvalue weighted by molar-refractivity contribution is -0.124. The Bertz CT molecular complexity index is 537. The zero-order valence-electron chi connectivity index (χ0n) is 13.7. The Labute approximate surface area is 136 Å². The Kier molecular flexibility index (Phi) is 6.12. The van der Waals surface area contributed by atoms with Crippen LogP contribution in [0.15, 0.2) is 24.3 Å². The molecule has 2 amide bonds. The van der Waals surface area contributed by atoms with Gasteiger partial charge in [-0.25, -0.2) is 0 Å². The van der Waals surface area contributed by atoms with Gasteiger partial charge in [-0.05, 0) is 49.4 Å². The molecule has 4 N–H and O–H groups in total. The number of anilines is 2. The first-order valence-electron chi connectivity index (χ1n) is 8.04. The molecule has 2 rings (SSSR count). The second kappa shape index (κ2) is 8.08. The van der Waals surface area contributed by atoms with E-state index in [1.807, 2.05) is 13.8 Å². The van der Waals surface area contributed by atoms with Crippen LogP contribution in [0.5, 0.6) is 0 Å². The van der Waals surface area contributed by atoms with Gasteiger partial charge in [0, 0.05) is 18.0 Å². The molecule has 126 valence electrons. The van der Waals surface area contributed by atoms with E-state index in [9.17, 15) is 9.59 Å². The summed E-state index contributed by atoms with van der Waals surface area (Å²) in [5, 5.41) is 5.59. The smallest absolute Gasteiger partial charge is 0.253 e. The van der Waals surface area contributed by atoms with Gasteiger partial charge in [-0.3, -0.25) is 9.59 Å². The third-order valence-electron chi connectivity index (χ3n) is 3.70. The first kappa shape index (κ1) is 17.4. The van der Waals surface area contributed by atoms with E-state index < -0.39 is 6.04 Å². The summed E-state index contributed by atoms with van der Waals surface area (Å²) in [6.07, 6.45) is 1.96. The number of hydrogen-bond donors (Lipinski definition) is 3. The Morgan fingerprint density at radius 3 is 2.35 bits per heavy atom. The molecule has 0 aliphatic carbocycles. The molecule has 0 saturated carbocycles. The topological polar surface area (TPSA) is 93.5 Å². The predicted molar refractivity (Wildman–Crippen MR) is 90.1 cm³/mol. The minimum Gasteiger partial charge on any atom is -0.368 e. The minimum atomic E-state index is -0.520. The van der Waals surface area contributed by atoms with Crippen molar-refractivity contribution in [3.63, 3.8) is 0 Å². The van der Waals surface area contributed by atoms with Crippen molar-refractivity contribution in [2.45, 2.75) is 45.3 Å². The zero-order chi connectivity index (χ0) is 16.8. The van der Waals surface area contributed by atoms with Crippen molar-refractivity contribution in [2.24, 2.45) is 11.7 Å². The monoisotopic (exact) mass is 319 g/mol. The Morgan fingerprint density at radius 1 is 1.22 bits per heavy atom. The summed E-state index contributed by atoms with van der Waals surface area (Å²) in [5.41, 5.74) is 7.18. The maximum absolute atomic E-state index is 12.0. The van der Waals surface area contributed by atoms with E-state index in [2.05, 4.69) is 10.6 Å². The van der Waals surface area contributed by atoms with Gasteiger partial charge in [0.2, 0.25) is 5.91 Å². The van der Waals surface area contributed by atoms with Crippen molar-refractivity contribution < 1.29 is 14.3 Å². The van der Waals surface area contributed by atoms with Crippen LogP contribution in [0.25, 0.3) is 0 Å². The van der Waals surface area contributed by atoms with Gasteiger partial charge in [0.05, 0.1) is 6.04 Å². The molecule has 0 radical (unpaired) electrons. The Morgan fingerprint density at radius 2 is 1.83 bits per heavy atom. The normalized spacial score (nSPS) is 18.7. The van der Waals surface area contributed by atoms with Crippen LogP contribution >= 0.6 is 0 Å². The maximum Gasteiger partial charge on any atom is 0.253 e. The van der Waals surface area contributed by atoms with Crippen LogP contribution in [0.2, 0.25) is 0 Å². The summed E-state index contributed by atoms with van der Waals surface area (Å²) in [6, 6.07) is 6.46. The Hall–Kier alpha value is -1.92. The quantitative estimate of drug-likeness (QED) is 0.748. The number of rotatable bonds is 6. The SMILES string of the molecule is CC(C)C[C@H](N)C(=O)Nc1ccc(NC(=O)C2CCCO2)cc1. The third kappa shape index (κ3) is 5.33. The fourth-order valence-corrected chi connectivity index (χ4v) is 2.49. The summed E-state index contributed by atoms with van der Waals surface area (Å²) in [7, 11) is 0. The van der Waals surface area contributed by atoms with Crippen LogP contribution in [-0.4, -0.2) is 30.6 Å². The number of benzene rings is 1. The average molecular weight is 319 g/mol. The summed E-state index contributed by atoms with van der Waals surface area (Å²) >= 11 is 0. The summed E-state index contributed by atoms with van der Waals surface area (Å²) in [6.45, 7) is 4.69. The van der Waals surface area contributed by atoms with E-state index in [-0.39, 0.29) is 17.9 Å². The van der Waals surface area contributed by atoms with Crippen molar-refractivity contribution in [2.75, 3.05) is 17.2 Å². The highest BCUT2D eigenvalue weighted by Crippen LogP contribution is 2.17. The molecule has 0 aromatic heterocycles. The van der Waals surface area contributed by atoms with Gasteiger partial charge < -0.3 is 21.1 Å². The number of carbonyl (C=O) groups excluding carboxylic acids is 2. The highest BCUT2D eigenvalue weighted by molar-refractivity contribution is 5.96. The van der Waals surface area contributed by atoms with E-state index in [1.54, 1.807) is 24.3 Å². The van der Waals surface area contributed by atoms with Crippen LogP contribution in [0.1, 0.15) is 33.1 Å². The molecular weight excluding hydrogens is 294 g/mol. The summed E-state index contributed by atoms with van der Waals surface area (Å²) in [5.74, 6) is 0.0410. The first-order valence-corrected chi connectivity index (χ1v) is 8.04. The van der Waals surface area contributed by atoms with Crippen LogP contribution in [0, 0.1) is 5.92 Å². The lowest BCUT2D eigenvalue weighted by Gasteiger charge is -2.15. The lowest BCUT2D eigenvalue weighted by atomic mass is 10.0. The van der Waals surface area contributed by atoms with E-state index >= 15 is 0 Å². The molecule has 0 bridgehead atoms. The molecule has 0 spiro atoms. The van der Waals surface area contributed by atoms with Crippen molar-refractivity contribution in [1.29, 1.82) is 0 Å². The van der Waals surface area contributed by atoms with Gasteiger partial charge in [0.1, 0.15) is 6.10 Å². The number of nitrogens with two attached hydrogens (primary N) is 1. The Balaban J connectivity index is 1.86. The van der Waals surface area contributed by atoms with E-state index in [0.717, 1.165) is 12.8 Å². The predicted octanol–water partition coefficient (Wildman–Crippen LogP) is 2.12. The molecule has 2 atom stereocenters. The van der Waals surface area contributed by atoms with Crippen LogP contribution in [-0.2, 0) is 14.3 Å². The maximum atomic E-state index is 12.0. The molecule has 1 aromatic carbocycles. The molecule has 23 heavy (non-hydrogen) atoms. The molecule has 1 unspecified atom stereocenters. The van der Waals surface area contributed by atoms with E-state index in [0.29, 0.717) is 30.3 Å². The van der Waals surface area contributed by atoms with Gasteiger partial charge in [0.25, 0.3) is 5.91 Å². The van der Waals surface area contributed by atoms with Crippen molar-refractivity contribution in [3.05, 3.63) is 24.3 Å². The van der Waals surface area contributed by atoms with Gasteiger partial charge in [0.15, 0.2) is 0 Å². The first-order chi connectivity index (χ1) is 11.0. The van der Waals surface area contributed by atoms with Crippen molar-refractivity contribution in [3.8, 4) is 0 Å². The van der Waals surface area contributed by atoms with Crippen LogP contribution < -0.4 is 16.4 Å². The molecule has 1 aliphatic rings. The number of amides is 2. The largest absolute Gasteiger partial charge is 0.368 e. The number of nitrogens with one attached hydrogen (secondary N) is 2. The number of hydrogen-bond acceptors (Lipinski definition) is 4. The highest BCUT2D eigenvalue weighted by atomic mass is 16.5. The van der Waals surface area contributed by atoms with Gasteiger partial charge in [-0.15, -0.1) is 0 Å². The minimum absolute atomic E-state index is 0.127. The van der Waals surface area contributed by atoms with E-state index in [1.165, 1.54) is 0 Å². The molecule has 1 fully saturated rings. The number of ether oxygens (including phenoxy) is 1. The second-order valence-corrected chi connectivity index (χ2v) is 6.29. The summed E-state index contributed by atoms with van der Waals surface area (Å²) < 4.78 is 5.34. The lowest BCUT2D eigenvalue weighted by Crippen LogP contribution is -2.36. The fraction of sp³-hybridized carbons (Fsp3) is 0.529. The second-order valence-electron chi connectivity index (χ2n) is 6.29. The standard InChI is InChI=1S/C17H25N3O3/c1-11(2)10-14(18)16(21)19-12-5-7-13(8-6-12)20-17(22)15-4-3-9-23-15/h5-8,11,14-15H,3-4,9-10,18H2,1-2H3,(H,19,21)(H,20,22)/t14-,15?/m0/s1. The van der Waals surface area contributed by atoms with Crippen molar-refractivity contribution in [1.82, 2.24) is 0 Å².